The second-order valence-electron chi connectivity index (χ2n) is 17.2. The summed E-state index contributed by atoms with van der Waals surface area (Å²) >= 11 is 0. The van der Waals surface area contributed by atoms with Crippen LogP contribution in [0, 0.1) is 29.1 Å². The number of carbonyl (C=O) groups is 2. The van der Waals surface area contributed by atoms with Crippen LogP contribution in [0.25, 0.3) is 11.1 Å². The first-order chi connectivity index (χ1) is 25.6. The van der Waals surface area contributed by atoms with Gasteiger partial charge in [0.2, 0.25) is 5.91 Å². The summed E-state index contributed by atoms with van der Waals surface area (Å²) < 4.78 is 6.07. The molecular formula is C42H63N5O7. The quantitative estimate of drug-likeness (QED) is 0.194. The Morgan fingerprint density at radius 3 is 2.41 bits per heavy atom. The zero-order valence-corrected chi connectivity index (χ0v) is 33.4. The molecule has 10 atom stereocenters. The smallest absolute Gasteiger partial charge is 0.251 e. The van der Waals surface area contributed by atoms with E-state index in [1.165, 1.54) is 6.42 Å². The lowest BCUT2D eigenvalue weighted by Crippen LogP contribution is -2.62. The first kappa shape index (κ1) is 40.4. The second-order valence-corrected chi connectivity index (χ2v) is 17.2. The third kappa shape index (κ3) is 8.01. The van der Waals surface area contributed by atoms with Crippen molar-refractivity contribution in [2.24, 2.45) is 29.1 Å². The fourth-order valence-corrected chi connectivity index (χ4v) is 9.80. The van der Waals surface area contributed by atoms with E-state index in [0.717, 1.165) is 54.7 Å². The standard InChI is InChI=1S/C42H63N5O7/c1-24-33-19-30(42(33,4)5)20-34(24)43-41(52)38-37(26(3)50)36(23-48)54-47(38)21-27-12-11-13-32(39(27)53-8)28-16-29(18-31(17-28)45(6)7)40(51)44-35(25(2)49)22-46-14-9-10-15-46/h11-13,16-18,24-26,30,33-38,48-50H,9-10,14-15,19-23H2,1-8H3,(H,43,52)(H,44,51)/t24-,25+,26-,30+,33-,34-,35?,36-,37-,38-/m0/s1. The van der Waals surface area contributed by atoms with Crippen molar-refractivity contribution in [3.8, 4) is 16.9 Å². The third-order valence-corrected chi connectivity index (χ3v) is 13.2. The molecule has 5 aliphatic rings. The Morgan fingerprint density at radius 1 is 1.09 bits per heavy atom. The number of anilines is 1. The van der Waals surface area contributed by atoms with Crippen molar-refractivity contribution in [2.45, 2.75) is 103 Å². The predicted octanol–water partition coefficient (Wildman–Crippen LogP) is 3.66. The Morgan fingerprint density at radius 2 is 1.81 bits per heavy atom. The molecule has 54 heavy (non-hydrogen) atoms. The summed E-state index contributed by atoms with van der Waals surface area (Å²) in [5, 5.41) is 39.9. The second kappa shape index (κ2) is 16.5. The van der Waals surface area contributed by atoms with Crippen molar-refractivity contribution < 1.29 is 34.5 Å². The lowest BCUT2D eigenvalue weighted by molar-refractivity contribution is -0.183. The number of benzene rings is 2. The molecule has 2 amide bonds. The van der Waals surface area contributed by atoms with Gasteiger partial charge in [0.25, 0.3) is 5.91 Å². The van der Waals surface area contributed by atoms with Crippen LogP contribution in [0.4, 0.5) is 5.69 Å². The summed E-state index contributed by atoms with van der Waals surface area (Å²) in [5.74, 6) is 0.870. The molecule has 5 N–H and O–H groups in total. The summed E-state index contributed by atoms with van der Waals surface area (Å²) in [6.07, 6.45) is 1.97. The van der Waals surface area contributed by atoms with Crippen LogP contribution in [0.5, 0.6) is 5.75 Å². The topological polar surface area (TPSA) is 147 Å². The fraction of sp³-hybridized carbons (Fsp3) is 0.667. The van der Waals surface area contributed by atoms with Crippen molar-refractivity contribution in [3.05, 3.63) is 47.5 Å². The number of aliphatic hydroxyl groups excluding tert-OH is 3. The van der Waals surface area contributed by atoms with E-state index < -0.39 is 36.3 Å². The monoisotopic (exact) mass is 749 g/mol. The molecule has 5 fully saturated rings. The highest BCUT2D eigenvalue weighted by Crippen LogP contribution is 2.61. The first-order valence-corrected chi connectivity index (χ1v) is 19.9. The molecule has 0 aromatic heterocycles. The number of ether oxygens (including phenoxy) is 1. The molecular weight excluding hydrogens is 686 g/mol. The lowest BCUT2D eigenvalue weighted by atomic mass is 9.45. The van der Waals surface area contributed by atoms with Crippen LogP contribution in [0.15, 0.2) is 36.4 Å². The van der Waals surface area contributed by atoms with Gasteiger partial charge in [-0.2, -0.15) is 5.06 Å². The van der Waals surface area contributed by atoms with Gasteiger partial charge in [0, 0.05) is 55.0 Å². The number of carbonyl (C=O) groups excluding carboxylic acids is 2. The normalized spacial score (nSPS) is 29.6. The van der Waals surface area contributed by atoms with Gasteiger partial charge in [-0.1, -0.05) is 39.0 Å². The van der Waals surface area contributed by atoms with Crippen molar-refractivity contribution in [2.75, 3.05) is 52.3 Å². The molecule has 0 spiro atoms. The summed E-state index contributed by atoms with van der Waals surface area (Å²) in [7, 11) is 5.44. The molecule has 0 radical (unpaired) electrons. The number of likely N-dealkylation sites (tertiary alicyclic amines) is 1. The van der Waals surface area contributed by atoms with E-state index in [4.69, 9.17) is 9.57 Å². The largest absolute Gasteiger partial charge is 0.496 e. The highest BCUT2D eigenvalue weighted by Gasteiger charge is 2.57. The SMILES string of the molecule is COc1c(CN2O[C@@H](CO)[C@H]([C@H](C)O)[C@H]2C(=O)N[C@H]2C[C@H]3C[C@@H]([C@@H]2C)C3(C)C)cccc1-c1cc(C(=O)NC(CN2CCCC2)[C@@H](C)O)cc(N(C)C)c1. The third-order valence-electron chi connectivity index (χ3n) is 13.2. The maximum atomic E-state index is 14.3. The number of hydrogen-bond donors (Lipinski definition) is 5. The van der Waals surface area contributed by atoms with E-state index in [1.807, 2.05) is 55.4 Å². The van der Waals surface area contributed by atoms with Crippen molar-refractivity contribution in [3.63, 3.8) is 0 Å². The summed E-state index contributed by atoms with van der Waals surface area (Å²) in [5.41, 5.74) is 3.81. The molecule has 2 aromatic rings. The van der Waals surface area contributed by atoms with Gasteiger partial charge >= 0.3 is 0 Å². The van der Waals surface area contributed by atoms with E-state index >= 15 is 0 Å². The van der Waals surface area contributed by atoms with E-state index in [2.05, 4.69) is 36.3 Å². The van der Waals surface area contributed by atoms with Gasteiger partial charge in [0.05, 0.1) is 38.5 Å². The summed E-state index contributed by atoms with van der Waals surface area (Å²) in [6.45, 7) is 12.6. The number of hydrogen-bond acceptors (Lipinski definition) is 10. The zero-order chi connectivity index (χ0) is 39.1. The van der Waals surface area contributed by atoms with Crippen LogP contribution in [-0.4, -0.2) is 121 Å². The van der Waals surface area contributed by atoms with Crippen LogP contribution >= 0.6 is 0 Å². The minimum Gasteiger partial charge on any atom is -0.496 e. The Bertz CT molecular complexity index is 1640. The maximum absolute atomic E-state index is 14.3. The van der Waals surface area contributed by atoms with Crippen LogP contribution in [0.2, 0.25) is 0 Å². The minimum absolute atomic E-state index is 0.0308. The number of nitrogens with zero attached hydrogens (tertiary/aromatic N) is 3. The molecule has 2 bridgehead atoms. The molecule has 298 valence electrons. The molecule has 12 heteroatoms. The highest BCUT2D eigenvalue weighted by atomic mass is 16.7. The van der Waals surface area contributed by atoms with Gasteiger partial charge in [-0.3, -0.25) is 14.4 Å². The summed E-state index contributed by atoms with van der Waals surface area (Å²) in [6, 6.07) is 10.2. The Hall–Kier alpha value is -3.26. The van der Waals surface area contributed by atoms with E-state index in [0.29, 0.717) is 35.6 Å². The number of nitrogens with one attached hydrogen (secondary N) is 2. The molecule has 1 unspecified atom stereocenters. The fourth-order valence-electron chi connectivity index (χ4n) is 9.80. The number of methoxy groups -OCH3 is 1. The first-order valence-electron chi connectivity index (χ1n) is 19.9. The predicted molar refractivity (Wildman–Crippen MR) is 209 cm³/mol. The van der Waals surface area contributed by atoms with Crippen LogP contribution in [0.1, 0.15) is 76.2 Å². The number of hydroxylamine groups is 2. The van der Waals surface area contributed by atoms with E-state index in [-0.39, 0.29) is 36.4 Å². The van der Waals surface area contributed by atoms with Gasteiger partial charge in [0.15, 0.2) is 0 Å². The average Bonchev–Trinajstić information content (AvgIpc) is 3.79. The molecule has 2 saturated heterocycles. The minimum atomic E-state index is -0.908. The Balaban J connectivity index is 1.28. The number of fused-ring (bicyclic) bond motifs is 2. The molecule has 2 heterocycles. The Labute approximate surface area is 321 Å². The van der Waals surface area contributed by atoms with Gasteiger partial charge in [-0.25, -0.2) is 0 Å². The van der Waals surface area contributed by atoms with Crippen LogP contribution < -0.4 is 20.3 Å². The van der Waals surface area contributed by atoms with Gasteiger partial charge in [0.1, 0.15) is 17.9 Å². The Kier molecular flexibility index (Phi) is 12.3. The highest BCUT2D eigenvalue weighted by molar-refractivity contribution is 5.97. The van der Waals surface area contributed by atoms with Gasteiger partial charge in [-0.15, -0.1) is 0 Å². The van der Waals surface area contributed by atoms with Gasteiger partial charge in [-0.05, 0) is 99.6 Å². The maximum Gasteiger partial charge on any atom is 0.251 e. The van der Waals surface area contributed by atoms with Gasteiger partial charge < -0.3 is 40.5 Å². The van der Waals surface area contributed by atoms with E-state index in [9.17, 15) is 24.9 Å². The number of aliphatic hydroxyl groups is 3. The van der Waals surface area contributed by atoms with Crippen molar-refractivity contribution >= 4 is 17.5 Å². The number of para-hydroxylation sites is 1. The lowest BCUT2D eigenvalue weighted by Gasteiger charge is -2.62. The molecule has 3 saturated carbocycles. The van der Waals surface area contributed by atoms with E-state index in [1.54, 1.807) is 26.0 Å². The molecule has 7 rings (SSSR count). The number of amides is 2. The molecule has 2 aliphatic heterocycles. The number of rotatable bonds is 14. The van der Waals surface area contributed by atoms with Crippen LogP contribution in [0.3, 0.4) is 0 Å². The van der Waals surface area contributed by atoms with Crippen molar-refractivity contribution in [1.82, 2.24) is 20.6 Å². The zero-order valence-electron chi connectivity index (χ0n) is 33.4. The summed E-state index contributed by atoms with van der Waals surface area (Å²) in [4.78, 5) is 38.6. The molecule has 3 aliphatic carbocycles. The average molecular weight is 750 g/mol. The molecule has 12 nitrogen and oxygen atoms in total. The molecule has 2 aromatic carbocycles. The van der Waals surface area contributed by atoms with Crippen LogP contribution in [-0.2, 0) is 16.2 Å². The van der Waals surface area contributed by atoms with Crippen molar-refractivity contribution in [1.29, 1.82) is 0 Å².